The lowest BCUT2D eigenvalue weighted by Crippen LogP contribution is -2.32. The molecule has 3 nitrogen and oxygen atoms in total. The van der Waals surface area contributed by atoms with Crippen molar-refractivity contribution in [2.45, 2.75) is 12.3 Å². The van der Waals surface area contributed by atoms with Crippen molar-refractivity contribution in [2.75, 3.05) is 20.3 Å². The minimum atomic E-state index is -0.461. The highest BCUT2D eigenvalue weighted by atomic mass is 35.5. The summed E-state index contributed by atoms with van der Waals surface area (Å²) in [4.78, 5) is 10.7. The Hall–Kier alpha value is -0.280. The van der Waals surface area contributed by atoms with Crippen molar-refractivity contribution < 1.29 is 9.53 Å². The van der Waals surface area contributed by atoms with Crippen molar-refractivity contribution in [2.24, 2.45) is 0 Å². The number of ether oxygens (including phenoxy) is 1. The van der Waals surface area contributed by atoms with E-state index in [4.69, 9.17) is 16.3 Å². The van der Waals surface area contributed by atoms with E-state index in [1.54, 1.807) is 14.0 Å². The number of hydrogen-bond acceptors (Lipinski definition) is 2. The van der Waals surface area contributed by atoms with Gasteiger partial charge in [-0.3, -0.25) is 4.79 Å². The Morgan fingerprint density at radius 3 is 2.80 bits per heavy atom. The smallest absolute Gasteiger partial charge is 0.237 e. The van der Waals surface area contributed by atoms with Crippen LogP contribution in [0.2, 0.25) is 0 Å². The Morgan fingerprint density at radius 1 is 1.80 bits per heavy atom. The van der Waals surface area contributed by atoms with Gasteiger partial charge in [0.1, 0.15) is 5.38 Å². The van der Waals surface area contributed by atoms with E-state index in [1.807, 2.05) is 0 Å². The monoisotopic (exact) mass is 165 g/mol. The molecule has 0 rings (SSSR count). The van der Waals surface area contributed by atoms with Crippen molar-refractivity contribution in [3.05, 3.63) is 0 Å². The molecule has 0 aliphatic heterocycles. The van der Waals surface area contributed by atoms with Gasteiger partial charge >= 0.3 is 0 Å². The maximum absolute atomic E-state index is 10.7. The molecule has 1 N–H and O–H groups in total. The van der Waals surface area contributed by atoms with Crippen LogP contribution in [-0.4, -0.2) is 31.5 Å². The van der Waals surface area contributed by atoms with E-state index >= 15 is 0 Å². The Labute approximate surface area is 65.7 Å². The van der Waals surface area contributed by atoms with E-state index in [0.717, 1.165) is 0 Å². The van der Waals surface area contributed by atoms with Crippen LogP contribution < -0.4 is 5.32 Å². The van der Waals surface area contributed by atoms with Gasteiger partial charge in [0.15, 0.2) is 0 Å². The fourth-order valence-electron chi connectivity index (χ4n) is 0.417. The molecule has 0 aromatic rings. The second kappa shape index (κ2) is 5.50. The molecule has 1 atom stereocenters. The van der Waals surface area contributed by atoms with E-state index < -0.39 is 5.38 Å². The lowest BCUT2D eigenvalue weighted by molar-refractivity contribution is -0.120. The Kier molecular flexibility index (Phi) is 5.35. The third-order valence-corrected chi connectivity index (χ3v) is 1.16. The quantitative estimate of drug-likeness (QED) is 0.483. The molecule has 0 radical (unpaired) electrons. The van der Waals surface area contributed by atoms with Crippen LogP contribution in [0.1, 0.15) is 6.92 Å². The van der Waals surface area contributed by atoms with Gasteiger partial charge in [0, 0.05) is 13.7 Å². The number of amides is 1. The summed E-state index contributed by atoms with van der Waals surface area (Å²) in [5, 5.41) is 2.13. The highest BCUT2D eigenvalue weighted by molar-refractivity contribution is 6.30. The van der Waals surface area contributed by atoms with Gasteiger partial charge in [-0.25, -0.2) is 0 Å². The molecule has 60 valence electrons. The summed E-state index contributed by atoms with van der Waals surface area (Å²) < 4.78 is 4.71. The molecule has 0 aliphatic carbocycles. The number of rotatable bonds is 4. The number of alkyl halides is 1. The number of hydrogen-bond donors (Lipinski definition) is 1. The van der Waals surface area contributed by atoms with Gasteiger partial charge < -0.3 is 10.1 Å². The Morgan fingerprint density at radius 2 is 2.40 bits per heavy atom. The van der Waals surface area contributed by atoms with E-state index in [0.29, 0.717) is 13.2 Å². The molecule has 1 unspecified atom stereocenters. The summed E-state index contributed by atoms with van der Waals surface area (Å²) in [5.74, 6) is -0.154. The largest absolute Gasteiger partial charge is 0.383 e. The summed E-state index contributed by atoms with van der Waals surface area (Å²) >= 11 is 5.45. The molecule has 10 heavy (non-hydrogen) atoms. The van der Waals surface area contributed by atoms with Gasteiger partial charge in [-0.2, -0.15) is 0 Å². The van der Waals surface area contributed by atoms with Gasteiger partial charge in [-0.15, -0.1) is 11.6 Å². The van der Waals surface area contributed by atoms with E-state index in [2.05, 4.69) is 5.32 Å². The summed E-state index contributed by atoms with van der Waals surface area (Å²) in [6.07, 6.45) is 0. The Bertz CT molecular complexity index is 106. The summed E-state index contributed by atoms with van der Waals surface area (Å²) in [7, 11) is 1.58. The zero-order chi connectivity index (χ0) is 7.98. The number of methoxy groups -OCH3 is 1. The van der Waals surface area contributed by atoms with Crippen LogP contribution in [0, 0.1) is 0 Å². The van der Waals surface area contributed by atoms with Crippen LogP contribution in [-0.2, 0) is 9.53 Å². The molecule has 0 aromatic carbocycles. The second-order valence-corrected chi connectivity index (χ2v) is 2.55. The molecule has 0 saturated carbocycles. The zero-order valence-electron chi connectivity index (χ0n) is 6.19. The predicted octanol–water partition coefficient (Wildman–Crippen LogP) is 0.376. The first-order valence-corrected chi connectivity index (χ1v) is 3.53. The molecular formula is C6H12ClNO2. The number of carbonyl (C=O) groups is 1. The summed E-state index contributed by atoms with van der Waals surface area (Å²) in [6, 6.07) is 0. The van der Waals surface area contributed by atoms with Crippen molar-refractivity contribution in [1.82, 2.24) is 5.32 Å². The highest BCUT2D eigenvalue weighted by Crippen LogP contribution is 1.90. The van der Waals surface area contributed by atoms with Crippen LogP contribution in [0.4, 0.5) is 0 Å². The maximum atomic E-state index is 10.7. The lowest BCUT2D eigenvalue weighted by Gasteiger charge is -2.04. The van der Waals surface area contributed by atoms with Crippen LogP contribution in [0.5, 0.6) is 0 Å². The normalized spacial score (nSPS) is 12.7. The molecular weight excluding hydrogens is 154 g/mol. The number of carbonyl (C=O) groups excluding carboxylic acids is 1. The fraction of sp³-hybridized carbons (Fsp3) is 0.833. The highest BCUT2D eigenvalue weighted by Gasteiger charge is 2.06. The third kappa shape index (κ3) is 4.58. The fourth-order valence-corrected chi connectivity index (χ4v) is 0.494. The minimum Gasteiger partial charge on any atom is -0.383 e. The average Bonchev–Trinajstić information content (AvgIpc) is 1.88. The molecule has 0 bridgehead atoms. The van der Waals surface area contributed by atoms with Crippen molar-refractivity contribution in [1.29, 1.82) is 0 Å². The van der Waals surface area contributed by atoms with Gasteiger partial charge in [0.05, 0.1) is 6.61 Å². The van der Waals surface area contributed by atoms with Crippen LogP contribution >= 0.6 is 11.6 Å². The van der Waals surface area contributed by atoms with Crippen molar-refractivity contribution >= 4 is 17.5 Å². The van der Waals surface area contributed by atoms with Crippen LogP contribution in [0.3, 0.4) is 0 Å². The molecule has 0 aliphatic rings. The number of halogens is 1. The van der Waals surface area contributed by atoms with Crippen molar-refractivity contribution in [3.63, 3.8) is 0 Å². The maximum Gasteiger partial charge on any atom is 0.237 e. The first-order chi connectivity index (χ1) is 4.68. The first kappa shape index (κ1) is 9.72. The summed E-state index contributed by atoms with van der Waals surface area (Å²) in [6.45, 7) is 2.67. The van der Waals surface area contributed by atoms with E-state index in [1.165, 1.54) is 0 Å². The third-order valence-electron chi connectivity index (χ3n) is 0.967. The molecule has 1 amide bonds. The van der Waals surface area contributed by atoms with Gasteiger partial charge in [-0.1, -0.05) is 0 Å². The van der Waals surface area contributed by atoms with Crippen LogP contribution in [0.25, 0.3) is 0 Å². The Balaban J connectivity index is 3.22. The average molecular weight is 166 g/mol. The molecule has 4 heteroatoms. The van der Waals surface area contributed by atoms with E-state index in [-0.39, 0.29) is 5.91 Å². The first-order valence-electron chi connectivity index (χ1n) is 3.09. The van der Waals surface area contributed by atoms with Gasteiger partial charge in [0.25, 0.3) is 0 Å². The second-order valence-electron chi connectivity index (χ2n) is 1.90. The van der Waals surface area contributed by atoms with Crippen molar-refractivity contribution in [3.8, 4) is 0 Å². The lowest BCUT2D eigenvalue weighted by atomic mass is 10.4. The van der Waals surface area contributed by atoms with Crippen LogP contribution in [0.15, 0.2) is 0 Å². The molecule has 0 saturated heterocycles. The molecule has 0 aromatic heterocycles. The molecule has 0 spiro atoms. The van der Waals surface area contributed by atoms with E-state index in [9.17, 15) is 4.79 Å². The standard InChI is InChI=1S/C6H12ClNO2/c1-5(7)6(9)8-3-4-10-2/h5H,3-4H2,1-2H3,(H,8,9). The summed E-state index contributed by atoms with van der Waals surface area (Å²) in [5.41, 5.74) is 0. The minimum absolute atomic E-state index is 0.154. The number of nitrogens with one attached hydrogen (secondary N) is 1. The molecule has 0 fully saturated rings. The zero-order valence-corrected chi connectivity index (χ0v) is 6.94. The SMILES string of the molecule is COCCNC(=O)C(C)Cl. The topological polar surface area (TPSA) is 38.3 Å². The molecule has 0 heterocycles. The predicted molar refractivity (Wildman–Crippen MR) is 40.2 cm³/mol. The van der Waals surface area contributed by atoms with Gasteiger partial charge in [0.2, 0.25) is 5.91 Å². The van der Waals surface area contributed by atoms with Gasteiger partial charge in [-0.05, 0) is 6.92 Å².